The van der Waals surface area contributed by atoms with Crippen LogP contribution >= 0.6 is 11.6 Å². The molecular formula is C14H10ClN3O2. The molecule has 2 N–H and O–H groups in total. The van der Waals surface area contributed by atoms with E-state index < -0.39 is 5.97 Å². The van der Waals surface area contributed by atoms with Gasteiger partial charge in [-0.3, -0.25) is 0 Å². The van der Waals surface area contributed by atoms with Crippen LogP contribution in [0.4, 0.5) is 5.69 Å². The van der Waals surface area contributed by atoms with Gasteiger partial charge in [0.1, 0.15) is 18.4 Å². The number of carbonyl (C=O) groups is 1. The van der Waals surface area contributed by atoms with Crippen LogP contribution in [0, 0.1) is 11.3 Å². The molecule has 1 aromatic carbocycles. The molecule has 0 fully saturated rings. The van der Waals surface area contributed by atoms with E-state index in [4.69, 9.17) is 27.3 Å². The van der Waals surface area contributed by atoms with Gasteiger partial charge in [0.25, 0.3) is 0 Å². The zero-order chi connectivity index (χ0) is 14.5. The number of hydrogen-bond donors (Lipinski definition) is 1. The Bertz CT molecular complexity index is 695. The molecule has 6 heteroatoms. The van der Waals surface area contributed by atoms with Gasteiger partial charge >= 0.3 is 5.97 Å². The van der Waals surface area contributed by atoms with Gasteiger partial charge in [-0.1, -0.05) is 17.7 Å². The van der Waals surface area contributed by atoms with Crippen molar-refractivity contribution in [3.05, 3.63) is 58.4 Å². The first-order chi connectivity index (χ1) is 9.61. The van der Waals surface area contributed by atoms with E-state index in [0.717, 1.165) is 0 Å². The van der Waals surface area contributed by atoms with Gasteiger partial charge in [-0.25, -0.2) is 9.78 Å². The number of esters is 1. The second-order valence-electron chi connectivity index (χ2n) is 3.94. The van der Waals surface area contributed by atoms with Crippen molar-refractivity contribution < 1.29 is 9.53 Å². The minimum atomic E-state index is -0.569. The molecule has 0 aliphatic carbocycles. The molecule has 2 aromatic rings. The Balaban J connectivity index is 2.09. The molecular weight excluding hydrogens is 278 g/mol. The third-order valence-corrected chi connectivity index (χ3v) is 2.91. The minimum Gasteiger partial charge on any atom is -0.457 e. The first-order valence-corrected chi connectivity index (χ1v) is 6.05. The second-order valence-corrected chi connectivity index (χ2v) is 4.35. The summed E-state index contributed by atoms with van der Waals surface area (Å²) in [7, 11) is 0. The van der Waals surface area contributed by atoms with Crippen LogP contribution in [0.25, 0.3) is 0 Å². The van der Waals surface area contributed by atoms with Crippen molar-refractivity contribution in [2.45, 2.75) is 6.61 Å². The lowest BCUT2D eigenvalue weighted by Crippen LogP contribution is -2.08. The van der Waals surface area contributed by atoms with Crippen LogP contribution in [-0.2, 0) is 11.3 Å². The van der Waals surface area contributed by atoms with Gasteiger partial charge < -0.3 is 10.5 Å². The first-order valence-electron chi connectivity index (χ1n) is 5.68. The van der Waals surface area contributed by atoms with E-state index in [1.54, 1.807) is 24.3 Å². The smallest absolute Gasteiger partial charge is 0.340 e. The van der Waals surface area contributed by atoms with Crippen LogP contribution in [0.2, 0.25) is 5.02 Å². The van der Waals surface area contributed by atoms with Gasteiger partial charge in [-0.05, 0) is 29.8 Å². The molecule has 1 heterocycles. The number of anilines is 1. The molecule has 0 aliphatic heterocycles. The lowest BCUT2D eigenvalue weighted by atomic mass is 10.2. The van der Waals surface area contributed by atoms with Crippen molar-refractivity contribution >= 4 is 23.3 Å². The van der Waals surface area contributed by atoms with Crippen LogP contribution in [-0.4, -0.2) is 11.0 Å². The van der Waals surface area contributed by atoms with Gasteiger partial charge in [-0.15, -0.1) is 0 Å². The van der Waals surface area contributed by atoms with E-state index in [9.17, 15) is 4.79 Å². The fraction of sp³-hybridized carbons (Fsp3) is 0.0714. The lowest BCUT2D eigenvalue weighted by molar-refractivity contribution is 0.0474. The summed E-state index contributed by atoms with van der Waals surface area (Å²) >= 11 is 5.84. The molecule has 0 aliphatic rings. The number of nitrogens with two attached hydrogens (primary N) is 1. The summed E-state index contributed by atoms with van der Waals surface area (Å²) in [5.41, 5.74) is 7.05. The quantitative estimate of drug-likeness (QED) is 0.692. The number of carbonyl (C=O) groups excluding carboxylic acids is 1. The predicted molar refractivity (Wildman–Crippen MR) is 73.9 cm³/mol. The van der Waals surface area contributed by atoms with Crippen LogP contribution in [0.5, 0.6) is 0 Å². The van der Waals surface area contributed by atoms with Crippen molar-refractivity contribution in [3.63, 3.8) is 0 Å². The van der Waals surface area contributed by atoms with Gasteiger partial charge in [0.05, 0.1) is 16.3 Å². The number of nitrogens with zero attached hydrogens (tertiary/aromatic N) is 2. The Kier molecular flexibility index (Phi) is 4.18. The molecule has 0 saturated heterocycles. The highest BCUT2D eigenvalue weighted by molar-refractivity contribution is 6.33. The van der Waals surface area contributed by atoms with Crippen molar-refractivity contribution in [2.24, 2.45) is 0 Å². The van der Waals surface area contributed by atoms with E-state index in [1.807, 2.05) is 6.07 Å². The topological polar surface area (TPSA) is 89.0 Å². The van der Waals surface area contributed by atoms with Gasteiger partial charge in [-0.2, -0.15) is 5.26 Å². The molecule has 0 unspecified atom stereocenters. The Morgan fingerprint density at radius 1 is 1.45 bits per heavy atom. The van der Waals surface area contributed by atoms with Gasteiger partial charge in [0.2, 0.25) is 0 Å². The molecule has 1 aromatic heterocycles. The maximum atomic E-state index is 11.9. The summed E-state index contributed by atoms with van der Waals surface area (Å²) in [6.45, 7) is 0.0297. The molecule has 5 nitrogen and oxygen atoms in total. The van der Waals surface area contributed by atoms with E-state index in [1.165, 1.54) is 12.3 Å². The Morgan fingerprint density at radius 3 is 3.00 bits per heavy atom. The summed E-state index contributed by atoms with van der Waals surface area (Å²) in [6, 6.07) is 9.88. The molecule has 0 spiro atoms. The van der Waals surface area contributed by atoms with E-state index >= 15 is 0 Å². The number of nitriles is 1. The molecule has 0 saturated carbocycles. The molecule has 0 atom stereocenters. The van der Waals surface area contributed by atoms with Crippen LogP contribution < -0.4 is 5.73 Å². The first kappa shape index (κ1) is 13.8. The van der Waals surface area contributed by atoms with E-state index in [2.05, 4.69) is 4.98 Å². The van der Waals surface area contributed by atoms with Crippen molar-refractivity contribution in [1.82, 2.24) is 4.98 Å². The fourth-order valence-corrected chi connectivity index (χ4v) is 1.74. The zero-order valence-corrected chi connectivity index (χ0v) is 11.1. The van der Waals surface area contributed by atoms with Crippen LogP contribution in [0.1, 0.15) is 21.6 Å². The number of pyridine rings is 1. The second kappa shape index (κ2) is 6.04. The molecule has 2 rings (SSSR count). The number of benzene rings is 1. The van der Waals surface area contributed by atoms with Crippen molar-refractivity contribution in [3.8, 4) is 6.07 Å². The number of hydrogen-bond acceptors (Lipinski definition) is 5. The Hall–Kier alpha value is -2.58. The summed E-state index contributed by atoms with van der Waals surface area (Å²) in [5.74, 6) is -0.569. The number of halogens is 1. The highest BCUT2D eigenvalue weighted by atomic mass is 35.5. The number of nitrogen functional groups attached to an aromatic ring is 1. The maximum Gasteiger partial charge on any atom is 0.340 e. The summed E-state index contributed by atoms with van der Waals surface area (Å²) in [6.07, 6.45) is 1.48. The van der Waals surface area contributed by atoms with Gasteiger partial charge in [0.15, 0.2) is 0 Å². The molecule has 0 amide bonds. The number of ether oxygens (including phenoxy) is 1. The van der Waals surface area contributed by atoms with Crippen molar-refractivity contribution in [1.29, 1.82) is 5.26 Å². The normalized spacial score (nSPS) is 9.80. The predicted octanol–water partition coefficient (Wildman–Crippen LogP) is 2.55. The zero-order valence-electron chi connectivity index (χ0n) is 10.3. The molecule has 0 bridgehead atoms. The Labute approximate surface area is 120 Å². The number of rotatable bonds is 3. The summed E-state index contributed by atoms with van der Waals surface area (Å²) < 4.78 is 5.13. The van der Waals surface area contributed by atoms with Crippen LogP contribution in [0.15, 0.2) is 36.5 Å². The summed E-state index contributed by atoms with van der Waals surface area (Å²) in [4.78, 5) is 15.7. The van der Waals surface area contributed by atoms with E-state index in [0.29, 0.717) is 10.6 Å². The van der Waals surface area contributed by atoms with Gasteiger partial charge in [0, 0.05) is 6.20 Å². The maximum absolute atomic E-state index is 11.9. The highest BCUT2D eigenvalue weighted by Gasteiger charge is 2.13. The lowest BCUT2D eigenvalue weighted by Gasteiger charge is -2.08. The average Bonchev–Trinajstić information content (AvgIpc) is 2.48. The standard InChI is InChI=1S/C14H10ClN3O2/c15-12-3-1-2-11(13(12)17)14(19)20-8-9-4-5-18-10(6-9)7-16/h1-6H,8,17H2. The monoisotopic (exact) mass is 287 g/mol. The third-order valence-electron chi connectivity index (χ3n) is 2.58. The number of para-hydroxylation sites is 1. The third kappa shape index (κ3) is 3.05. The molecule has 100 valence electrons. The highest BCUT2D eigenvalue weighted by Crippen LogP contribution is 2.23. The largest absolute Gasteiger partial charge is 0.457 e. The SMILES string of the molecule is N#Cc1cc(COC(=O)c2cccc(Cl)c2N)ccn1. The molecule has 20 heavy (non-hydrogen) atoms. The van der Waals surface area contributed by atoms with E-state index in [-0.39, 0.29) is 23.6 Å². The Morgan fingerprint density at radius 2 is 2.25 bits per heavy atom. The van der Waals surface area contributed by atoms with Crippen LogP contribution in [0.3, 0.4) is 0 Å². The average molecular weight is 288 g/mol. The fourth-order valence-electron chi connectivity index (χ4n) is 1.57. The van der Waals surface area contributed by atoms with Crippen molar-refractivity contribution in [2.75, 3.05) is 5.73 Å². The number of aromatic nitrogens is 1. The minimum absolute atomic E-state index is 0.0297. The molecule has 0 radical (unpaired) electrons. The summed E-state index contributed by atoms with van der Waals surface area (Å²) in [5, 5.41) is 9.03.